The Balaban J connectivity index is 2.08. The summed E-state index contributed by atoms with van der Waals surface area (Å²) in [5, 5.41) is 12.7. The van der Waals surface area contributed by atoms with Crippen molar-refractivity contribution in [2.45, 2.75) is 6.92 Å². The van der Waals surface area contributed by atoms with Gasteiger partial charge in [-0.15, -0.1) is 0 Å². The number of ether oxygens (including phenoxy) is 2. The van der Waals surface area contributed by atoms with Crippen molar-refractivity contribution in [1.82, 2.24) is 0 Å². The second kappa shape index (κ2) is 10.2. The molecule has 8 heteroatoms. The quantitative estimate of drug-likeness (QED) is 0.324. The smallest absolute Gasteiger partial charge is 0.369 e. The Bertz CT molecular complexity index is 932. The number of benzene rings is 2. The molecule has 0 aromatic heterocycles. The number of nitrogens with one attached hydrogen (secondary N) is 1. The third kappa shape index (κ3) is 5.51. The van der Waals surface area contributed by atoms with E-state index in [2.05, 4.69) is 10.5 Å². The van der Waals surface area contributed by atoms with E-state index in [1.165, 1.54) is 12.1 Å². The number of esters is 2. The van der Waals surface area contributed by atoms with Crippen LogP contribution in [-0.2, 0) is 14.3 Å². The lowest BCUT2D eigenvalue weighted by molar-refractivity contribution is -0.134. The number of anilines is 1. The number of para-hydroxylation sites is 1. The van der Waals surface area contributed by atoms with Gasteiger partial charge in [0.15, 0.2) is 12.4 Å². The fourth-order valence-electron chi connectivity index (χ4n) is 2.11. The van der Waals surface area contributed by atoms with Crippen LogP contribution in [0, 0.1) is 11.3 Å². The number of Topliss-reactive ketones (excluding diaryl/α,β-unsaturated/α-hetero) is 1. The third-order valence-corrected chi connectivity index (χ3v) is 3.44. The van der Waals surface area contributed by atoms with Crippen LogP contribution in [0.2, 0.25) is 0 Å². The van der Waals surface area contributed by atoms with Crippen LogP contribution in [0.5, 0.6) is 0 Å². The van der Waals surface area contributed by atoms with E-state index in [-0.39, 0.29) is 23.6 Å². The summed E-state index contributed by atoms with van der Waals surface area (Å²) in [6, 6.07) is 16.3. The fourth-order valence-corrected chi connectivity index (χ4v) is 2.11. The SMILES string of the molecule is CCOC(=O)/C(C#N)=N/Nc1ccccc1C(=O)OCC(=O)c1ccccc1. The second-order valence-corrected chi connectivity index (χ2v) is 5.32. The lowest BCUT2D eigenvalue weighted by Crippen LogP contribution is -2.18. The van der Waals surface area contributed by atoms with Crippen LogP contribution in [-0.4, -0.2) is 36.6 Å². The maximum Gasteiger partial charge on any atom is 0.369 e. The molecule has 0 aliphatic rings. The molecule has 0 bridgehead atoms. The van der Waals surface area contributed by atoms with Gasteiger partial charge in [-0.2, -0.15) is 10.4 Å². The predicted molar refractivity (Wildman–Crippen MR) is 101 cm³/mol. The lowest BCUT2D eigenvalue weighted by atomic mass is 10.1. The van der Waals surface area contributed by atoms with Crippen molar-refractivity contribution < 1.29 is 23.9 Å². The molecule has 0 aliphatic heterocycles. The molecule has 0 heterocycles. The van der Waals surface area contributed by atoms with Crippen molar-refractivity contribution in [3.63, 3.8) is 0 Å². The van der Waals surface area contributed by atoms with Gasteiger partial charge in [-0.3, -0.25) is 10.2 Å². The highest BCUT2D eigenvalue weighted by Gasteiger charge is 2.16. The summed E-state index contributed by atoms with van der Waals surface area (Å²) in [5.41, 5.74) is 2.71. The average Bonchev–Trinajstić information content (AvgIpc) is 2.73. The van der Waals surface area contributed by atoms with E-state index in [0.29, 0.717) is 5.56 Å². The van der Waals surface area contributed by atoms with Crippen LogP contribution < -0.4 is 5.43 Å². The molecule has 0 saturated carbocycles. The highest BCUT2D eigenvalue weighted by Crippen LogP contribution is 2.16. The molecule has 0 unspecified atom stereocenters. The molecule has 2 rings (SSSR count). The Kier molecular flexibility index (Phi) is 7.43. The van der Waals surface area contributed by atoms with Crippen LogP contribution in [0.25, 0.3) is 0 Å². The number of carbonyl (C=O) groups excluding carboxylic acids is 3. The van der Waals surface area contributed by atoms with Crippen molar-refractivity contribution in [1.29, 1.82) is 5.26 Å². The van der Waals surface area contributed by atoms with E-state index in [9.17, 15) is 14.4 Å². The zero-order valence-electron chi connectivity index (χ0n) is 15.0. The molecule has 0 spiro atoms. The molecule has 0 amide bonds. The van der Waals surface area contributed by atoms with Gasteiger partial charge in [0.05, 0.1) is 17.9 Å². The Morgan fingerprint density at radius 1 is 1.04 bits per heavy atom. The lowest BCUT2D eigenvalue weighted by Gasteiger charge is -2.09. The first-order chi connectivity index (χ1) is 13.6. The van der Waals surface area contributed by atoms with E-state index in [0.717, 1.165) is 0 Å². The van der Waals surface area contributed by atoms with Crippen molar-refractivity contribution in [3.8, 4) is 6.07 Å². The number of hydrogen-bond donors (Lipinski definition) is 1. The first kappa shape index (κ1) is 20.3. The first-order valence-electron chi connectivity index (χ1n) is 8.32. The number of hydrogen-bond acceptors (Lipinski definition) is 8. The highest BCUT2D eigenvalue weighted by atomic mass is 16.5. The van der Waals surface area contributed by atoms with E-state index in [1.807, 2.05) is 0 Å². The van der Waals surface area contributed by atoms with Crippen molar-refractivity contribution >= 4 is 29.1 Å². The van der Waals surface area contributed by atoms with Crippen LogP contribution in [0.1, 0.15) is 27.6 Å². The number of nitriles is 1. The summed E-state index contributed by atoms with van der Waals surface area (Å²) in [6.45, 7) is 1.27. The molecule has 1 N–H and O–H groups in total. The molecule has 0 atom stereocenters. The molecule has 2 aromatic rings. The maximum atomic E-state index is 12.3. The van der Waals surface area contributed by atoms with Gasteiger partial charge in [0.25, 0.3) is 0 Å². The highest BCUT2D eigenvalue weighted by molar-refractivity contribution is 6.43. The Labute approximate surface area is 161 Å². The predicted octanol–water partition coefficient (Wildman–Crippen LogP) is 2.58. The van der Waals surface area contributed by atoms with Crippen LogP contribution in [0.3, 0.4) is 0 Å². The van der Waals surface area contributed by atoms with Gasteiger partial charge in [0.1, 0.15) is 6.07 Å². The van der Waals surface area contributed by atoms with Crippen LogP contribution >= 0.6 is 0 Å². The first-order valence-corrected chi connectivity index (χ1v) is 8.32. The van der Waals surface area contributed by atoms with Gasteiger partial charge in [-0.25, -0.2) is 9.59 Å². The van der Waals surface area contributed by atoms with Crippen LogP contribution in [0.15, 0.2) is 59.7 Å². The Morgan fingerprint density at radius 3 is 2.39 bits per heavy atom. The van der Waals surface area contributed by atoms with Crippen molar-refractivity contribution in [3.05, 3.63) is 65.7 Å². The van der Waals surface area contributed by atoms with E-state index < -0.39 is 24.3 Å². The molecule has 0 aliphatic carbocycles. The van der Waals surface area contributed by atoms with Gasteiger partial charge in [0, 0.05) is 5.56 Å². The largest absolute Gasteiger partial charge is 0.461 e. The molecular formula is C20H17N3O5. The number of nitrogens with zero attached hydrogens (tertiary/aromatic N) is 2. The molecule has 2 aromatic carbocycles. The topological polar surface area (TPSA) is 118 Å². The Morgan fingerprint density at radius 2 is 1.71 bits per heavy atom. The number of carbonyl (C=O) groups is 3. The van der Waals surface area contributed by atoms with E-state index in [1.54, 1.807) is 55.5 Å². The second-order valence-electron chi connectivity index (χ2n) is 5.32. The minimum Gasteiger partial charge on any atom is -0.461 e. The van der Waals surface area contributed by atoms with Gasteiger partial charge in [-0.1, -0.05) is 42.5 Å². The van der Waals surface area contributed by atoms with Gasteiger partial charge in [0.2, 0.25) is 5.71 Å². The number of rotatable bonds is 8. The van der Waals surface area contributed by atoms with Crippen molar-refractivity contribution in [2.75, 3.05) is 18.6 Å². The molecule has 0 fully saturated rings. The van der Waals surface area contributed by atoms with Crippen molar-refractivity contribution in [2.24, 2.45) is 5.10 Å². The van der Waals surface area contributed by atoms with Gasteiger partial charge >= 0.3 is 11.9 Å². The summed E-state index contributed by atoms with van der Waals surface area (Å²) < 4.78 is 9.78. The van der Waals surface area contributed by atoms with Crippen LogP contribution in [0.4, 0.5) is 5.69 Å². The Hall–Kier alpha value is -3.99. The standard InChI is InChI=1S/C20H17N3O5/c1-2-27-20(26)17(12-21)23-22-16-11-7-6-10-15(16)19(25)28-13-18(24)14-8-4-3-5-9-14/h3-11,22H,2,13H2,1H3/b23-17+. The maximum absolute atomic E-state index is 12.3. The fraction of sp³-hybridized carbons (Fsp3) is 0.150. The number of ketones is 1. The minimum absolute atomic E-state index is 0.0910. The van der Waals surface area contributed by atoms with Gasteiger partial charge in [-0.05, 0) is 19.1 Å². The molecule has 0 radical (unpaired) electrons. The molecule has 0 saturated heterocycles. The minimum atomic E-state index is -0.883. The normalized spacial score (nSPS) is 10.5. The van der Waals surface area contributed by atoms with Gasteiger partial charge < -0.3 is 9.47 Å². The number of hydrazone groups is 1. The summed E-state index contributed by atoms with van der Waals surface area (Å²) in [7, 11) is 0. The zero-order chi connectivity index (χ0) is 20.4. The summed E-state index contributed by atoms with van der Waals surface area (Å²) >= 11 is 0. The molecule has 28 heavy (non-hydrogen) atoms. The van der Waals surface area contributed by atoms with E-state index in [4.69, 9.17) is 14.7 Å². The molecular weight excluding hydrogens is 362 g/mol. The summed E-state index contributed by atoms with van der Waals surface area (Å²) in [4.78, 5) is 36.0. The summed E-state index contributed by atoms with van der Waals surface area (Å²) in [5.74, 6) is -1.98. The van der Waals surface area contributed by atoms with E-state index >= 15 is 0 Å². The molecule has 142 valence electrons. The summed E-state index contributed by atoms with van der Waals surface area (Å²) in [6.07, 6.45) is 0. The molecule has 8 nitrogen and oxygen atoms in total. The zero-order valence-corrected chi connectivity index (χ0v) is 15.0. The third-order valence-electron chi connectivity index (χ3n) is 3.44. The average molecular weight is 379 g/mol. The monoisotopic (exact) mass is 379 g/mol.